The van der Waals surface area contributed by atoms with E-state index in [0.29, 0.717) is 17.8 Å². The van der Waals surface area contributed by atoms with Gasteiger partial charge < -0.3 is 14.2 Å². The molecule has 0 aliphatic heterocycles. The number of esters is 2. The zero-order valence-corrected chi connectivity index (χ0v) is 15.0. The summed E-state index contributed by atoms with van der Waals surface area (Å²) in [6, 6.07) is 11.5. The second-order valence-electron chi connectivity index (χ2n) is 5.74. The van der Waals surface area contributed by atoms with Crippen molar-refractivity contribution in [1.29, 1.82) is 0 Å². The van der Waals surface area contributed by atoms with Crippen LogP contribution in [-0.4, -0.2) is 18.4 Å². The van der Waals surface area contributed by atoms with Crippen LogP contribution >= 0.6 is 0 Å². The molecule has 2 aromatic carbocycles. The Balaban J connectivity index is 2.40. The molecule has 0 aromatic heterocycles. The molecule has 6 heteroatoms. The smallest absolute Gasteiger partial charge is 0.338 e. The van der Waals surface area contributed by atoms with Gasteiger partial charge in [0.25, 0.3) is 6.47 Å². The monoisotopic (exact) mass is 366 g/mol. The molecule has 6 nitrogen and oxygen atoms in total. The summed E-state index contributed by atoms with van der Waals surface area (Å²) in [6.45, 7) is 10.4. The molecule has 2 aromatic rings. The van der Waals surface area contributed by atoms with E-state index in [2.05, 4.69) is 13.2 Å². The Hall–Kier alpha value is -3.67. The van der Waals surface area contributed by atoms with Crippen molar-refractivity contribution < 1.29 is 28.6 Å². The minimum atomic E-state index is -0.644. The lowest BCUT2D eigenvalue weighted by molar-refractivity contribution is -0.132. The Kier molecular flexibility index (Phi) is 6.27. The lowest BCUT2D eigenvalue weighted by Gasteiger charge is -2.12. The van der Waals surface area contributed by atoms with Gasteiger partial charge >= 0.3 is 11.9 Å². The van der Waals surface area contributed by atoms with E-state index in [0.717, 1.165) is 5.56 Å². The zero-order chi connectivity index (χ0) is 20.0. The van der Waals surface area contributed by atoms with Crippen LogP contribution < -0.4 is 14.2 Å². The van der Waals surface area contributed by atoms with Crippen molar-refractivity contribution in [3.63, 3.8) is 0 Å². The molecule has 0 spiro atoms. The lowest BCUT2D eigenvalue weighted by atomic mass is 10.0. The molecule has 0 aliphatic carbocycles. The molecule has 138 valence electrons. The van der Waals surface area contributed by atoms with Crippen molar-refractivity contribution in [1.82, 2.24) is 0 Å². The van der Waals surface area contributed by atoms with Gasteiger partial charge in [0, 0.05) is 11.1 Å². The summed E-state index contributed by atoms with van der Waals surface area (Å²) in [7, 11) is 0. The fraction of sp³-hybridized carbons (Fsp3) is 0.0952. The molecule has 0 fully saturated rings. The highest BCUT2D eigenvalue weighted by molar-refractivity contribution is 5.91. The van der Waals surface area contributed by atoms with Crippen LogP contribution in [0.3, 0.4) is 0 Å². The zero-order valence-electron chi connectivity index (χ0n) is 15.0. The van der Waals surface area contributed by atoms with Crippen molar-refractivity contribution >= 4 is 18.4 Å². The van der Waals surface area contributed by atoms with Gasteiger partial charge in [-0.25, -0.2) is 9.59 Å². The quantitative estimate of drug-likeness (QED) is 0.320. The van der Waals surface area contributed by atoms with Crippen LogP contribution in [0.5, 0.6) is 17.2 Å². The van der Waals surface area contributed by atoms with Gasteiger partial charge in [-0.2, -0.15) is 0 Å². The third kappa shape index (κ3) is 5.15. The SMILES string of the molecule is C=C(C)C(=O)Oc1ccc(-c2ccc(OC=O)cc2)cc1OC(=O)C(=C)C. The molecule has 0 saturated heterocycles. The Morgan fingerprint density at radius 2 is 1.33 bits per heavy atom. The first kappa shape index (κ1) is 19.7. The van der Waals surface area contributed by atoms with Crippen molar-refractivity contribution in [2.75, 3.05) is 0 Å². The summed E-state index contributed by atoms with van der Waals surface area (Å²) in [5.74, 6) is -0.722. The van der Waals surface area contributed by atoms with Crippen LogP contribution in [0.15, 0.2) is 66.8 Å². The number of carbonyl (C=O) groups is 3. The predicted octanol–water partition coefficient (Wildman–Crippen LogP) is 3.85. The van der Waals surface area contributed by atoms with Gasteiger partial charge in [-0.1, -0.05) is 31.4 Å². The predicted molar refractivity (Wildman–Crippen MR) is 99.5 cm³/mol. The number of benzene rings is 2. The lowest BCUT2D eigenvalue weighted by Crippen LogP contribution is -2.12. The molecule has 0 heterocycles. The van der Waals surface area contributed by atoms with Crippen molar-refractivity contribution in [2.24, 2.45) is 0 Å². The third-order valence-corrected chi connectivity index (χ3v) is 3.42. The molecule has 27 heavy (non-hydrogen) atoms. The molecular weight excluding hydrogens is 348 g/mol. The van der Waals surface area contributed by atoms with Gasteiger partial charge in [0.15, 0.2) is 11.5 Å². The fourth-order valence-electron chi connectivity index (χ4n) is 2.01. The van der Waals surface area contributed by atoms with Gasteiger partial charge in [0.2, 0.25) is 0 Å². The number of hydrogen-bond acceptors (Lipinski definition) is 6. The summed E-state index contributed by atoms with van der Waals surface area (Å²) in [6.07, 6.45) is 0. The molecule has 0 radical (unpaired) electrons. The Morgan fingerprint density at radius 3 is 1.85 bits per heavy atom. The van der Waals surface area contributed by atoms with E-state index in [1.165, 1.54) is 19.9 Å². The second-order valence-corrected chi connectivity index (χ2v) is 5.74. The Morgan fingerprint density at radius 1 is 0.815 bits per heavy atom. The molecule has 0 aliphatic rings. The summed E-state index contributed by atoms with van der Waals surface area (Å²) in [5, 5.41) is 0. The molecule has 0 saturated carbocycles. The second kappa shape index (κ2) is 8.62. The molecule has 0 bridgehead atoms. The van der Waals surface area contributed by atoms with Crippen LogP contribution in [-0.2, 0) is 14.4 Å². The summed E-state index contributed by atoms with van der Waals surface area (Å²) in [5.41, 5.74) is 1.89. The highest BCUT2D eigenvalue weighted by Gasteiger charge is 2.16. The van der Waals surface area contributed by atoms with E-state index in [4.69, 9.17) is 14.2 Å². The maximum atomic E-state index is 11.9. The standard InChI is InChI=1S/C21H18O6/c1-13(2)20(23)26-18-10-7-16(11-19(18)27-21(24)14(3)4)15-5-8-17(9-6-15)25-12-22/h5-12H,1,3H2,2,4H3. The van der Waals surface area contributed by atoms with Gasteiger partial charge in [0.05, 0.1) is 0 Å². The molecule has 2 rings (SSSR count). The van der Waals surface area contributed by atoms with Crippen LogP contribution in [0.2, 0.25) is 0 Å². The van der Waals surface area contributed by atoms with Crippen LogP contribution in [0.1, 0.15) is 13.8 Å². The van der Waals surface area contributed by atoms with E-state index < -0.39 is 11.9 Å². The van der Waals surface area contributed by atoms with Crippen molar-refractivity contribution in [3.05, 3.63) is 66.8 Å². The van der Waals surface area contributed by atoms with Crippen LogP contribution in [0.25, 0.3) is 11.1 Å². The van der Waals surface area contributed by atoms with E-state index >= 15 is 0 Å². The number of rotatable bonds is 7. The average molecular weight is 366 g/mol. The molecule has 0 amide bonds. The van der Waals surface area contributed by atoms with Gasteiger partial charge in [-0.3, -0.25) is 4.79 Å². The number of ether oxygens (including phenoxy) is 3. The summed E-state index contributed by atoms with van der Waals surface area (Å²) >= 11 is 0. The highest BCUT2D eigenvalue weighted by Crippen LogP contribution is 2.34. The topological polar surface area (TPSA) is 78.9 Å². The van der Waals surface area contributed by atoms with Crippen LogP contribution in [0, 0.1) is 0 Å². The Bertz CT molecular complexity index is 909. The third-order valence-electron chi connectivity index (χ3n) is 3.42. The summed E-state index contributed by atoms with van der Waals surface area (Å²) < 4.78 is 15.3. The normalized spacial score (nSPS) is 9.85. The van der Waals surface area contributed by atoms with E-state index in [1.807, 2.05) is 0 Å². The average Bonchev–Trinajstić information content (AvgIpc) is 2.63. The number of carbonyl (C=O) groups excluding carboxylic acids is 3. The van der Waals surface area contributed by atoms with E-state index in [1.54, 1.807) is 36.4 Å². The molecule has 0 atom stereocenters. The first-order chi connectivity index (χ1) is 12.8. The highest BCUT2D eigenvalue weighted by atomic mass is 16.6. The number of hydrogen-bond donors (Lipinski definition) is 0. The van der Waals surface area contributed by atoms with Gasteiger partial charge in [-0.15, -0.1) is 0 Å². The maximum absolute atomic E-state index is 11.9. The van der Waals surface area contributed by atoms with Gasteiger partial charge in [0.1, 0.15) is 5.75 Å². The molecule has 0 N–H and O–H groups in total. The van der Waals surface area contributed by atoms with Crippen molar-refractivity contribution in [3.8, 4) is 28.4 Å². The fourth-order valence-corrected chi connectivity index (χ4v) is 2.01. The van der Waals surface area contributed by atoms with Crippen molar-refractivity contribution in [2.45, 2.75) is 13.8 Å². The van der Waals surface area contributed by atoms with Crippen LogP contribution in [0.4, 0.5) is 0 Å². The molecule has 0 unspecified atom stereocenters. The largest absolute Gasteiger partial charge is 0.429 e. The first-order valence-corrected chi connectivity index (χ1v) is 7.92. The molecular formula is C21H18O6. The maximum Gasteiger partial charge on any atom is 0.338 e. The van der Waals surface area contributed by atoms with E-state index in [-0.39, 0.29) is 22.6 Å². The summed E-state index contributed by atoms with van der Waals surface area (Å²) in [4.78, 5) is 34.1. The minimum absolute atomic E-state index is 0.0725. The van der Waals surface area contributed by atoms with E-state index in [9.17, 15) is 14.4 Å². The first-order valence-electron chi connectivity index (χ1n) is 7.92. The minimum Gasteiger partial charge on any atom is -0.429 e. The Labute approximate surface area is 156 Å². The van der Waals surface area contributed by atoms with Gasteiger partial charge in [-0.05, 0) is 49.2 Å².